The minimum atomic E-state index is -3.38. The maximum Gasteiger partial charge on any atom is 0.213 e. The minimum absolute atomic E-state index is 0.0207. The van der Waals surface area contributed by atoms with Crippen LogP contribution in [0.15, 0.2) is 0 Å². The molecular weight excluding hydrogens is 202 g/mol. The summed E-state index contributed by atoms with van der Waals surface area (Å²) in [6.07, 6.45) is 1.46. The SMILES string of the molecule is CN(C)CCC1NCCC1S(N)(=O)=O. The van der Waals surface area contributed by atoms with Gasteiger partial charge in [-0.1, -0.05) is 0 Å². The number of primary sulfonamides is 1. The molecule has 2 atom stereocenters. The smallest absolute Gasteiger partial charge is 0.213 e. The lowest BCUT2D eigenvalue weighted by Crippen LogP contribution is -2.40. The number of nitrogens with two attached hydrogens (primary N) is 1. The molecule has 1 fully saturated rings. The Balaban J connectivity index is 2.52. The van der Waals surface area contributed by atoms with E-state index >= 15 is 0 Å². The monoisotopic (exact) mass is 221 g/mol. The van der Waals surface area contributed by atoms with Gasteiger partial charge in [0.25, 0.3) is 0 Å². The molecule has 1 aliphatic rings. The van der Waals surface area contributed by atoms with Crippen LogP contribution in [-0.2, 0) is 10.0 Å². The first-order chi connectivity index (χ1) is 6.41. The lowest BCUT2D eigenvalue weighted by Gasteiger charge is -2.19. The first-order valence-electron chi connectivity index (χ1n) is 4.81. The third kappa shape index (κ3) is 3.20. The van der Waals surface area contributed by atoms with E-state index in [0.29, 0.717) is 6.42 Å². The molecular formula is C8H19N3O2S. The largest absolute Gasteiger partial charge is 0.313 e. The van der Waals surface area contributed by atoms with Crippen LogP contribution in [0.2, 0.25) is 0 Å². The standard InChI is InChI=1S/C8H19N3O2S/c1-11(2)6-4-7-8(3-5-10-7)14(9,12)13/h7-8,10H,3-6H2,1-2H3,(H2,9,12,13). The Morgan fingerprint density at radius 2 is 2.14 bits per heavy atom. The van der Waals surface area contributed by atoms with Crippen molar-refractivity contribution in [2.75, 3.05) is 27.2 Å². The number of nitrogens with one attached hydrogen (secondary N) is 1. The van der Waals surface area contributed by atoms with Gasteiger partial charge in [0.15, 0.2) is 0 Å². The summed E-state index contributed by atoms with van der Waals surface area (Å²) in [6.45, 7) is 1.63. The van der Waals surface area contributed by atoms with Gasteiger partial charge in [-0.2, -0.15) is 0 Å². The lowest BCUT2D eigenvalue weighted by atomic mass is 10.1. The summed E-state index contributed by atoms with van der Waals surface area (Å²) in [7, 11) is 0.566. The number of nitrogens with zero attached hydrogens (tertiary/aromatic N) is 1. The van der Waals surface area contributed by atoms with Gasteiger partial charge in [-0.25, -0.2) is 13.6 Å². The van der Waals surface area contributed by atoms with E-state index < -0.39 is 15.3 Å². The van der Waals surface area contributed by atoms with Gasteiger partial charge < -0.3 is 10.2 Å². The highest BCUT2D eigenvalue weighted by Gasteiger charge is 2.34. The van der Waals surface area contributed by atoms with E-state index in [1.807, 2.05) is 19.0 Å². The summed E-state index contributed by atoms with van der Waals surface area (Å²) in [5.41, 5.74) is 0. The minimum Gasteiger partial charge on any atom is -0.313 e. The molecule has 5 nitrogen and oxygen atoms in total. The second-order valence-corrected chi connectivity index (χ2v) is 5.85. The molecule has 1 aliphatic heterocycles. The maximum atomic E-state index is 11.2. The van der Waals surface area contributed by atoms with Crippen molar-refractivity contribution in [2.24, 2.45) is 5.14 Å². The number of hydrogen-bond donors (Lipinski definition) is 2. The van der Waals surface area contributed by atoms with Gasteiger partial charge in [-0.05, 0) is 40.0 Å². The average molecular weight is 221 g/mol. The van der Waals surface area contributed by atoms with Crippen molar-refractivity contribution in [1.29, 1.82) is 0 Å². The Hall–Kier alpha value is -0.170. The summed E-state index contributed by atoms with van der Waals surface area (Å²) in [5, 5.41) is 7.94. The van der Waals surface area contributed by atoms with Crippen LogP contribution in [0, 0.1) is 0 Å². The predicted molar refractivity (Wildman–Crippen MR) is 56.5 cm³/mol. The molecule has 14 heavy (non-hydrogen) atoms. The molecule has 1 heterocycles. The van der Waals surface area contributed by atoms with Gasteiger partial charge in [0.2, 0.25) is 10.0 Å². The third-order valence-electron chi connectivity index (χ3n) is 2.59. The summed E-state index contributed by atoms with van der Waals surface area (Å²) >= 11 is 0. The summed E-state index contributed by atoms with van der Waals surface area (Å²) in [6, 6.07) is 0.0207. The van der Waals surface area contributed by atoms with Crippen molar-refractivity contribution in [3.63, 3.8) is 0 Å². The Morgan fingerprint density at radius 3 is 2.64 bits per heavy atom. The second-order valence-electron chi connectivity index (χ2n) is 4.07. The van der Waals surface area contributed by atoms with E-state index in [2.05, 4.69) is 5.32 Å². The van der Waals surface area contributed by atoms with Gasteiger partial charge >= 0.3 is 0 Å². The Labute approximate surface area is 85.7 Å². The highest BCUT2D eigenvalue weighted by molar-refractivity contribution is 7.89. The van der Waals surface area contributed by atoms with Crippen molar-refractivity contribution < 1.29 is 8.42 Å². The van der Waals surface area contributed by atoms with Crippen LogP contribution in [0.25, 0.3) is 0 Å². The molecule has 1 saturated heterocycles. The number of hydrogen-bond acceptors (Lipinski definition) is 4. The van der Waals surface area contributed by atoms with E-state index in [1.54, 1.807) is 0 Å². The van der Waals surface area contributed by atoms with Crippen molar-refractivity contribution in [3.05, 3.63) is 0 Å². The molecule has 1 rings (SSSR count). The summed E-state index contributed by atoms with van der Waals surface area (Å²) in [4.78, 5) is 2.04. The summed E-state index contributed by atoms with van der Waals surface area (Å²) < 4.78 is 22.4. The molecule has 0 bridgehead atoms. The maximum absolute atomic E-state index is 11.2. The molecule has 0 saturated carbocycles. The topological polar surface area (TPSA) is 75.4 Å². The van der Waals surface area contributed by atoms with Gasteiger partial charge in [-0.15, -0.1) is 0 Å². The van der Waals surface area contributed by atoms with E-state index in [1.165, 1.54) is 0 Å². The zero-order valence-corrected chi connectivity index (χ0v) is 9.55. The van der Waals surface area contributed by atoms with Crippen LogP contribution in [0.1, 0.15) is 12.8 Å². The van der Waals surface area contributed by atoms with Gasteiger partial charge in [-0.3, -0.25) is 0 Å². The molecule has 0 aromatic carbocycles. The van der Waals surface area contributed by atoms with Crippen molar-refractivity contribution in [1.82, 2.24) is 10.2 Å². The molecule has 3 N–H and O–H groups in total. The third-order valence-corrected chi connectivity index (χ3v) is 4.00. The Kier molecular flexibility index (Phi) is 3.88. The molecule has 0 aliphatic carbocycles. The van der Waals surface area contributed by atoms with Crippen molar-refractivity contribution in [2.45, 2.75) is 24.1 Å². The van der Waals surface area contributed by atoms with Gasteiger partial charge in [0.1, 0.15) is 0 Å². The molecule has 84 valence electrons. The van der Waals surface area contributed by atoms with E-state index in [9.17, 15) is 8.42 Å². The number of rotatable bonds is 4. The molecule has 0 spiro atoms. The highest BCUT2D eigenvalue weighted by atomic mass is 32.2. The van der Waals surface area contributed by atoms with Crippen LogP contribution in [0.5, 0.6) is 0 Å². The van der Waals surface area contributed by atoms with E-state index in [0.717, 1.165) is 19.5 Å². The quantitative estimate of drug-likeness (QED) is 0.635. The fourth-order valence-electron chi connectivity index (χ4n) is 1.82. The van der Waals surface area contributed by atoms with Crippen LogP contribution >= 0.6 is 0 Å². The van der Waals surface area contributed by atoms with Crippen molar-refractivity contribution in [3.8, 4) is 0 Å². The molecule has 0 amide bonds. The normalized spacial score (nSPS) is 28.6. The van der Waals surface area contributed by atoms with E-state index in [4.69, 9.17) is 5.14 Å². The zero-order chi connectivity index (χ0) is 10.8. The van der Waals surface area contributed by atoms with Gasteiger partial charge in [0.05, 0.1) is 5.25 Å². The fraction of sp³-hybridized carbons (Fsp3) is 1.00. The van der Waals surface area contributed by atoms with Crippen LogP contribution in [0.3, 0.4) is 0 Å². The fourth-order valence-corrected chi connectivity index (χ4v) is 2.96. The first-order valence-corrected chi connectivity index (χ1v) is 6.42. The highest BCUT2D eigenvalue weighted by Crippen LogP contribution is 2.16. The lowest BCUT2D eigenvalue weighted by molar-refractivity contribution is 0.371. The first kappa shape index (κ1) is 11.9. The zero-order valence-electron chi connectivity index (χ0n) is 8.73. The molecule has 0 aromatic rings. The van der Waals surface area contributed by atoms with Crippen LogP contribution < -0.4 is 10.5 Å². The predicted octanol–water partition coefficient (Wildman–Crippen LogP) is -1.04. The molecule has 2 unspecified atom stereocenters. The Morgan fingerprint density at radius 1 is 1.50 bits per heavy atom. The Bertz CT molecular complexity index is 276. The van der Waals surface area contributed by atoms with Crippen LogP contribution in [-0.4, -0.2) is 51.8 Å². The average Bonchev–Trinajstić information content (AvgIpc) is 2.46. The molecule has 0 aromatic heterocycles. The van der Waals surface area contributed by atoms with Crippen molar-refractivity contribution >= 4 is 10.0 Å². The molecule has 6 heteroatoms. The second kappa shape index (κ2) is 4.57. The number of sulfonamides is 1. The summed E-state index contributed by atoms with van der Waals surface area (Å²) in [5.74, 6) is 0. The van der Waals surface area contributed by atoms with Crippen LogP contribution in [0.4, 0.5) is 0 Å². The van der Waals surface area contributed by atoms with Gasteiger partial charge in [0, 0.05) is 6.04 Å². The van der Waals surface area contributed by atoms with E-state index in [-0.39, 0.29) is 6.04 Å². The molecule has 0 radical (unpaired) electrons.